The minimum Gasteiger partial charge on any atom is -0.468 e. The summed E-state index contributed by atoms with van der Waals surface area (Å²) in [5.41, 5.74) is 0.267. The molecular weight excluding hydrogens is 212 g/mol. The van der Waals surface area contributed by atoms with Gasteiger partial charge < -0.3 is 14.6 Å². The molecule has 1 heterocycles. The van der Waals surface area contributed by atoms with Crippen LogP contribution >= 0.6 is 0 Å². The van der Waals surface area contributed by atoms with E-state index >= 15 is 0 Å². The first-order valence-corrected chi connectivity index (χ1v) is 6.36. The van der Waals surface area contributed by atoms with Crippen LogP contribution in [0.2, 0.25) is 0 Å². The third-order valence-electron chi connectivity index (χ3n) is 2.87. The quantitative estimate of drug-likeness (QED) is 0.791. The molecule has 0 fully saturated rings. The van der Waals surface area contributed by atoms with Crippen molar-refractivity contribution < 1.29 is 4.42 Å². The van der Waals surface area contributed by atoms with Crippen molar-refractivity contribution in [3.63, 3.8) is 0 Å². The number of hydrogen-bond donors (Lipinski definition) is 1. The van der Waals surface area contributed by atoms with Crippen molar-refractivity contribution in [3.8, 4) is 0 Å². The van der Waals surface area contributed by atoms with Gasteiger partial charge in [-0.3, -0.25) is 0 Å². The van der Waals surface area contributed by atoms with E-state index in [-0.39, 0.29) is 5.41 Å². The van der Waals surface area contributed by atoms with E-state index in [0.29, 0.717) is 6.04 Å². The Balaban J connectivity index is 2.48. The standard InChI is InChI=1S/C14H26N2O/c1-6-12(13-8-7-9-17-13)15-10-14(2,3)11-16(4)5/h7-9,12,15H,6,10-11H2,1-5H3. The van der Waals surface area contributed by atoms with Crippen LogP contribution in [0, 0.1) is 5.41 Å². The Morgan fingerprint density at radius 1 is 1.41 bits per heavy atom. The molecule has 1 rings (SSSR count). The van der Waals surface area contributed by atoms with Gasteiger partial charge in [0.1, 0.15) is 5.76 Å². The van der Waals surface area contributed by atoms with Gasteiger partial charge in [0.25, 0.3) is 0 Å². The molecule has 17 heavy (non-hydrogen) atoms. The first kappa shape index (κ1) is 14.3. The van der Waals surface area contributed by atoms with E-state index in [2.05, 4.69) is 45.1 Å². The minimum atomic E-state index is 0.267. The average Bonchev–Trinajstić information content (AvgIpc) is 2.69. The second-order valence-electron chi connectivity index (χ2n) is 5.76. The summed E-state index contributed by atoms with van der Waals surface area (Å²) in [5, 5.41) is 3.60. The number of furan rings is 1. The molecule has 0 spiro atoms. The molecule has 0 bridgehead atoms. The van der Waals surface area contributed by atoms with Crippen LogP contribution in [0.25, 0.3) is 0 Å². The van der Waals surface area contributed by atoms with E-state index in [1.807, 2.05) is 12.1 Å². The molecule has 0 aliphatic carbocycles. The third kappa shape index (κ3) is 4.92. The minimum absolute atomic E-state index is 0.267. The fourth-order valence-electron chi connectivity index (χ4n) is 2.25. The summed E-state index contributed by atoms with van der Waals surface area (Å²) < 4.78 is 5.46. The largest absolute Gasteiger partial charge is 0.468 e. The SMILES string of the molecule is CCC(NCC(C)(C)CN(C)C)c1ccco1. The Bertz CT molecular complexity index is 304. The van der Waals surface area contributed by atoms with Crippen molar-refractivity contribution in [1.29, 1.82) is 0 Å². The Labute approximate surface area is 105 Å². The van der Waals surface area contributed by atoms with Crippen molar-refractivity contribution in [2.75, 3.05) is 27.2 Å². The number of hydrogen-bond acceptors (Lipinski definition) is 3. The van der Waals surface area contributed by atoms with Crippen molar-refractivity contribution in [1.82, 2.24) is 10.2 Å². The van der Waals surface area contributed by atoms with Gasteiger partial charge in [-0.2, -0.15) is 0 Å². The van der Waals surface area contributed by atoms with E-state index < -0.39 is 0 Å². The first-order valence-electron chi connectivity index (χ1n) is 6.36. The molecule has 0 saturated carbocycles. The Kier molecular flexibility index (Phi) is 5.22. The Hall–Kier alpha value is -0.800. The zero-order valence-electron chi connectivity index (χ0n) is 11.8. The van der Waals surface area contributed by atoms with Crippen LogP contribution in [-0.4, -0.2) is 32.1 Å². The smallest absolute Gasteiger partial charge is 0.120 e. The lowest BCUT2D eigenvalue weighted by atomic mass is 9.92. The zero-order chi connectivity index (χ0) is 12.9. The second-order valence-corrected chi connectivity index (χ2v) is 5.76. The highest BCUT2D eigenvalue weighted by Crippen LogP contribution is 2.20. The summed E-state index contributed by atoms with van der Waals surface area (Å²) in [6.45, 7) is 8.82. The van der Waals surface area contributed by atoms with Crippen molar-refractivity contribution >= 4 is 0 Å². The number of rotatable bonds is 7. The van der Waals surface area contributed by atoms with E-state index in [1.165, 1.54) is 0 Å². The average molecular weight is 238 g/mol. The predicted molar refractivity (Wildman–Crippen MR) is 72.1 cm³/mol. The van der Waals surface area contributed by atoms with Crippen LogP contribution in [0.4, 0.5) is 0 Å². The fraction of sp³-hybridized carbons (Fsp3) is 0.714. The lowest BCUT2D eigenvalue weighted by Gasteiger charge is -2.30. The molecule has 1 aromatic rings. The topological polar surface area (TPSA) is 28.4 Å². The van der Waals surface area contributed by atoms with Gasteiger partial charge in [0.05, 0.1) is 12.3 Å². The molecule has 0 aliphatic rings. The summed E-state index contributed by atoms with van der Waals surface area (Å²) in [6, 6.07) is 4.32. The first-order chi connectivity index (χ1) is 7.94. The van der Waals surface area contributed by atoms with Crippen LogP contribution in [0.1, 0.15) is 39.0 Å². The van der Waals surface area contributed by atoms with Gasteiger partial charge in [-0.05, 0) is 38.1 Å². The lowest BCUT2D eigenvalue weighted by Crippen LogP contribution is -2.38. The third-order valence-corrected chi connectivity index (χ3v) is 2.87. The highest BCUT2D eigenvalue weighted by atomic mass is 16.3. The highest BCUT2D eigenvalue weighted by Gasteiger charge is 2.21. The van der Waals surface area contributed by atoms with Gasteiger partial charge in [0, 0.05) is 13.1 Å². The van der Waals surface area contributed by atoms with E-state index in [9.17, 15) is 0 Å². The molecule has 1 aromatic heterocycles. The molecule has 0 aromatic carbocycles. The lowest BCUT2D eigenvalue weighted by molar-refractivity contribution is 0.220. The van der Waals surface area contributed by atoms with Gasteiger partial charge >= 0.3 is 0 Å². The molecular formula is C14H26N2O. The maximum atomic E-state index is 5.46. The van der Waals surface area contributed by atoms with E-state index in [4.69, 9.17) is 4.42 Å². The van der Waals surface area contributed by atoms with Gasteiger partial charge in [-0.1, -0.05) is 20.8 Å². The predicted octanol–water partition coefficient (Wildman–Crippen LogP) is 2.91. The molecule has 0 radical (unpaired) electrons. The summed E-state index contributed by atoms with van der Waals surface area (Å²) >= 11 is 0. The molecule has 0 amide bonds. The van der Waals surface area contributed by atoms with E-state index in [1.54, 1.807) is 6.26 Å². The number of nitrogens with zero attached hydrogens (tertiary/aromatic N) is 1. The van der Waals surface area contributed by atoms with Gasteiger partial charge in [0.2, 0.25) is 0 Å². The van der Waals surface area contributed by atoms with Crippen molar-refractivity contribution in [2.45, 2.75) is 33.2 Å². The van der Waals surface area contributed by atoms with Crippen LogP contribution in [0.15, 0.2) is 22.8 Å². The normalized spacial score (nSPS) is 14.2. The highest BCUT2D eigenvalue weighted by molar-refractivity contribution is 5.04. The molecule has 1 atom stereocenters. The monoisotopic (exact) mass is 238 g/mol. The Morgan fingerprint density at radius 2 is 2.12 bits per heavy atom. The summed E-state index contributed by atoms with van der Waals surface area (Å²) in [5.74, 6) is 1.04. The Morgan fingerprint density at radius 3 is 2.59 bits per heavy atom. The molecule has 3 nitrogen and oxygen atoms in total. The van der Waals surface area contributed by atoms with Crippen molar-refractivity contribution in [3.05, 3.63) is 24.2 Å². The van der Waals surface area contributed by atoms with Gasteiger partial charge in [0.15, 0.2) is 0 Å². The van der Waals surface area contributed by atoms with Crippen LogP contribution in [0.5, 0.6) is 0 Å². The summed E-state index contributed by atoms with van der Waals surface area (Å²) in [6.07, 6.45) is 2.79. The maximum Gasteiger partial charge on any atom is 0.120 e. The summed E-state index contributed by atoms with van der Waals surface area (Å²) in [4.78, 5) is 2.23. The van der Waals surface area contributed by atoms with Gasteiger partial charge in [-0.15, -0.1) is 0 Å². The molecule has 3 heteroatoms. The summed E-state index contributed by atoms with van der Waals surface area (Å²) in [7, 11) is 4.23. The zero-order valence-corrected chi connectivity index (χ0v) is 11.8. The molecule has 1 unspecified atom stereocenters. The van der Waals surface area contributed by atoms with Crippen LogP contribution in [0.3, 0.4) is 0 Å². The fourth-order valence-corrected chi connectivity index (χ4v) is 2.25. The van der Waals surface area contributed by atoms with Crippen LogP contribution in [-0.2, 0) is 0 Å². The molecule has 1 N–H and O–H groups in total. The maximum absolute atomic E-state index is 5.46. The van der Waals surface area contributed by atoms with Gasteiger partial charge in [-0.25, -0.2) is 0 Å². The molecule has 0 saturated heterocycles. The number of nitrogens with one attached hydrogen (secondary N) is 1. The van der Waals surface area contributed by atoms with Crippen molar-refractivity contribution in [2.24, 2.45) is 5.41 Å². The van der Waals surface area contributed by atoms with E-state index in [0.717, 1.165) is 25.3 Å². The molecule has 98 valence electrons. The second kappa shape index (κ2) is 6.22. The molecule has 0 aliphatic heterocycles. The van der Waals surface area contributed by atoms with Crippen LogP contribution < -0.4 is 5.32 Å².